The fourth-order valence-electron chi connectivity index (χ4n) is 2.51. The molecule has 0 aromatic carbocycles. The maximum atomic E-state index is 10.1. The van der Waals surface area contributed by atoms with E-state index in [4.69, 9.17) is 14.9 Å². The summed E-state index contributed by atoms with van der Waals surface area (Å²) in [5.41, 5.74) is 0.595. The third-order valence-electron chi connectivity index (χ3n) is 3.64. The Labute approximate surface area is 129 Å². The van der Waals surface area contributed by atoms with E-state index in [0.717, 1.165) is 6.33 Å². The predicted octanol–water partition coefficient (Wildman–Crippen LogP) is -3.03. The van der Waals surface area contributed by atoms with Gasteiger partial charge in [-0.05, 0) is 0 Å². The van der Waals surface area contributed by atoms with Gasteiger partial charge in [-0.1, -0.05) is 0 Å². The molecule has 0 spiro atoms. The minimum atomic E-state index is -1.27. The van der Waals surface area contributed by atoms with Crippen molar-refractivity contribution in [2.75, 3.05) is 19.8 Å². The van der Waals surface area contributed by atoms with Crippen LogP contribution in [0, 0.1) is 0 Å². The Morgan fingerprint density at radius 2 is 1.96 bits per heavy atom. The molecule has 1 aliphatic rings. The van der Waals surface area contributed by atoms with Gasteiger partial charge in [0, 0.05) is 0 Å². The normalized spacial score (nSPS) is 28.8. The molecule has 11 nitrogen and oxygen atoms in total. The van der Waals surface area contributed by atoms with Crippen molar-refractivity contribution in [3.63, 3.8) is 0 Å². The van der Waals surface area contributed by atoms with Gasteiger partial charge in [0.05, 0.1) is 26.1 Å². The summed E-state index contributed by atoms with van der Waals surface area (Å²) in [4.78, 5) is 12.1. The molecular formula is C12H17N5O6. The Morgan fingerprint density at radius 3 is 2.61 bits per heavy atom. The van der Waals surface area contributed by atoms with E-state index < -0.39 is 31.1 Å². The molecule has 2 aromatic heterocycles. The van der Waals surface area contributed by atoms with Crippen molar-refractivity contribution in [3.05, 3.63) is 18.1 Å². The lowest BCUT2D eigenvalue weighted by Crippen LogP contribution is -2.33. The van der Waals surface area contributed by atoms with E-state index in [0.29, 0.717) is 4.73 Å². The number of nitrogens with zero attached hydrogens (tertiary/aromatic N) is 5. The number of aliphatic hydroxyl groups is 4. The minimum absolute atomic E-state index is 0.0698. The van der Waals surface area contributed by atoms with Crippen LogP contribution in [0.5, 0.6) is 0 Å². The standard InChI is InChI=1S/C12H17N5O6/c18-2-1-13-11-7-10(15-5-17(11)22)16(4-14-7)12-9(21)8(20)6(3-19)23-12/h4-6,8-9,12,18-22H,1-3H2/t6-,8-,9-,12-/m1/s1. The van der Waals surface area contributed by atoms with E-state index in [2.05, 4.69) is 15.0 Å². The first-order valence-corrected chi connectivity index (χ1v) is 6.95. The van der Waals surface area contributed by atoms with Crippen molar-refractivity contribution < 1.29 is 30.4 Å². The van der Waals surface area contributed by atoms with Crippen molar-refractivity contribution in [1.29, 1.82) is 0 Å². The first kappa shape index (κ1) is 15.8. The molecule has 1 saturated heterocycles. The molecule has 1 aliphatic heterocycles. The number of aliphatic hydroxyl groups excluding tert-OH is 4. The Bertz CT molecular complexity index is 758. The average molecular weight is 327 g/mol. The van der Waals surface area contributed by atoms with Crippen LogP contribution >= 0.6 is 0 Å². The van der Waals surface area contributed by atoms with Crippen LogP contribution in [0.1, 0.15) is 6.23 Å². The number of ether oxygens (including phenoxy) is 1. The Kier molecular flexibility index (Phi) is 4.28. The largest absolute Gasteiger partial charge is 0.425 e. The predicted molar refractivity (Wildman–Crippen MR) is 73.2 cm³/mol. The Morgan fingerprint density at radius 1 is 1.17 bits per heavy atom. The lowest BCUT2D eigenvalue weighted by Gasteiger charge is -2.16. The number of rotatable bonds is 4. The minimum Gasteiger partial charge on any atom is -0.425 e. The molecule has 126 valence electrons. The Hall–Kier alpha value is -2.05. The zero-order valence-electron chi connectivity index (χ0n) is 12.0. The second-order valence-electron chi connectivity index (χ2n) is 5.07. The summed E-state index contributed by atoms with van der Waals surface area (Å²) in [6.45, 7) is -0.567. The summed E-state index contributed by atoms with van der Waals surface area (Å²) in [5, 5.41) is 47.7. The molecule has 23 heavy (non-hydrogen) atoms. The van der Waals surface area contributed by atoms with Gasteiger partial charge in [-0.2, -0.15) is 4.73 Å². The number of fused-ring (bicyclic) bond motifs is 1. The van der Waals surface area contributed by atoms with Crippen molar-refractivity contribution >= 4 is 11.2 Å². The summed E-state index contributed by atoms with van der Waals surface area (Å²) in [6.07, 6.45) is -2.00. The van der Waals surface area contributed by atoms with Crippen LogP contribution in [0.4, 0.5) is 0 Å². The van der Waals surface area contributed by atoms with Crippen molar-refractivity contribution in [3.8, 4) is 0 Å². The molecule has 0 amide bonds. The Balaban J connectivity index is 2.07. The van der Waals surface area contributed by atoms with Gasteiger partial charge in [-0.3, -0.25) is 9.56 Å². The van der Waals surface area contributed by atoms with Crippen LogP contribution in [-0.2, 0) is 4.74 Å². The van der Waals surface area contributed by atoms with E-state index in [9.17, 15) is 15.4 Å². The molecule has 2 aromatic rings. The smallest absolute Gasteiger partial charge is 0.195 e. The topological polar surface area (TPSA) is 158 Å². The van der Waals surface area contributed by atoms with E-state index in [1.54, 1.807) is 0 Å². The lowest BCUT2D eigenvalue weighted by molar-refractivity contribution is -0.0511. The van der Waals surface area contributed by atoms with Crippen molar-refractivity contribution in [2.24, 2.45) is 4.99 Å². The molecule has 0 bridgehead atoms. The fourth-order valence-corrected chi connectivity index (χ4v) is 2.51. The molecule has 1 fully saturated rings. The van der Waals surface area contributed by atoms with Crippen LogP contribution in [0.3, 0.4) is 0 Å². The molecule has 3 rings (SSSR count). The number of hydrogen-bond acceptors (Lipinski definition) is 9. The average Bonchev–Trinajstić information content (AvgIpc) is 3.09. The molecule has 0 radical (unpaired) electrons. The molecule has 0 aliphatic carbocycles. The van der Waals surface area contributed by atoms with E-state index in [1.807, 2.05) is 0 Å². The van der Waals surface area contributed by atoms with Crippen LogP contribution in [0.15, 0.2) is 17.6 Å². The summed E-state index contributed by atoms with van der Waals surface area (Å²) < 4.78 is 7.49. The van der Waals surface area contributed by atoms with Crippen molar-refractivity contribution in [2.45, 2.75) is 24.5 Å². The monoisotopic (exact) mass is 327 g/mol. The zero-order chi connectivity index (χ0) is 16.6. The summed E-state index contributed by atoms with van der Waals surface area (Å²) in [7, 11) is 0. The van der Waals surface area contributed by atoms with E-state index in [1.165, 1.54) is 10.9 Å². The summed E-state index contributed by atoms with van der Waals surface area (Å²) >= 11 is 0. The van der Waals surface area contributed by atoms with Gasteiger partial charge >= 0.3 is 0 Å². The fraction of sp³-hybridized carbons (Fsp3) is 0.583. The van der Waals surface area contributed by atoms with Gasteiger partial charge in [0.2, 0.25) is 0 Å². The molecule has 5 N–H and O–H groups in total. The highest BCUT2D eigenvalue weighted by molar-refractivity contribution is 5.68. The number of aromatic nitrogens is 4. The van der Waals surface area contributed by atoms with Crippen molar-refractivity contribution in [1.82, 2.24) is 19.3 Å². The van der Waals surface area contributed by atoms with Gasteiger partial charge < -0.3 is 30.4 Å². The van der Waals surface area contributed by atoms with Crippen LogP contribution < -0.4 is 5.49 Å². The highest BCUT2D eigenvalue weighted by Gasteiger charge is 2.43. The van der Waals surface area contributed by atoms with Gasteiger partial charge in [-0.15, -0.1) is 0 Å². The molecule has 3 heterocycles. The van der Waals surface area contributed by atoms with Gasteiger partial charge in [0.15, 0.2) is 22.9 Å². The zero-order valence-corrected chi connectivity index (χ0v) is 12.0. The third kappa shape index (κ3) is 2.58. The van der Waals surface area contributed by atoms with E-state index in [-0.39, 0.29) is 29.8 Å². The molecule has 0 saturated carbocycles. The van der Waals surface area contributed by atoms with Gasteiger partial charge in [0.1, 0.15) is 24.6 Å². The van der Waals surface area contributed by atoms with Gasteiger partial charge in [-0.25, -0.2) is 9.97 Å². The van der Waals surface area contributed by atoms with Crippen LogP contribution in [0.25, 0.3) is 11.2 Å². The summed E-state index contributed by atoms with van der Waals surface area (Å²) in [6, 6.07) is 0. The quantitative estimate of drug-likeness (QED) is 0.371. The summed E-state index contributed by atoms with van der Waals surface area (Å²) in [5.74, 6) is 0. The van der Waals surface area contributed by atoms with Gasteiger partial charge in [0.25, 0.3) is 0 Å². The highest BCUT2D eigenvalue weighted by atomic mass is 16.6. The number of imidazole rings is 1. The molecule has 11 heteroatoms. The first-order chi connectivity index (χ1) is 11.1. The SMILES string of the molecule is OCCN=c1c2ncn([C@@H]3O[C@H](CO)[C@@H](O)[C@H]3O)c2ncn1O. The third-order valence-corrected chi connectivity index (χ3v) is 3.64. The van der Waals surface area contributed by atoms with Crippen LogP contribution in [-0.4, -0.2) is 83.0 Å². The molecule has 4 atom stereocenters. The van der Waals surface area contributed by atoms with E-state index >= 15 is 0 Å². The second-order valence-corrected chi connectivity index (χ2v) is 5.07. The molecule has 0 unspecified atom stereocenters. The maximum absolute atomic E-state index is 10.1. The lowest BCUT2D eigenvalue weighted by atomic mass is 10.1. The molecular weight excluding hydrogens is 310 g/mol. The first-order valence-electron chi connectivity index (χ1n) is 6.95. The number of hydrogen-bond donors (Lipinski definition) is 5. The maximum Gasteiger partial charge on any atom is 0.195 e. The second kappa shape index (κ2) is 6.22. The van der Waals surface area contributed by atoms with Crippen LogP contribution in [0.2, 0.25) is 0 Å². The highest BCUT2D eigenvalue weighted by Crippen LogP contribution is 2.30.